The summed E-state index contributed by atoms with van der Waals surface area (Å²) in [5.74, 6) is 0.922. The molecule has 182 valence electrons. The molecule has 2 N–H and O–H groups in total. The van der Waals surface area contributed by atoms with E-state index in [4.69, 9.17) is 14.5 Å². The van der Waals surface area contributed by atoms with Crippen LogP contribution in [-0.2, 0) is 22.6 Å². The summed E-state index contributed by atoms with van der Waals surface area (Å²) in [5.41, 5.74) is 1.14. The summed E-state index contributed by atoms with van der Waals surface area (Å²) in [7, 11) is 2.96. The van der Waals surface area contributed by atoms with E-state index in [2.05, 4.69) is 48.5 Å². The highest BCUT2D eigenvalue weighted by Gasteiger charge is 2.23. The van der Waals surface area contributed by atoms with Gasteiger partial charge in [0.2, 0.25) is 0 Å². The zero-order valence-corrected chi connectivity index (χ0v) is 22.2. The fourth-order valence-corrected chi connectivity index (χ4v) is 3.80. The largest absolute Gasteiger partial charge is 0.496 e. The Balaban J connectivity index is 0.00000385. The molecule has 0 aliphatic carbocycles. The number of esters is 1. The highest BCUT2D eigenvalue weighted by atomic mass is 79.9. The van der Waals surface area contributed by atoms with Gasteiger partial charge in [0, 0.05) is 23.2 Å². The quantitative estimate of drug-likeness (QED) is 0.261. The number of rotatable bonds is 9. The van der Waals surface area contributed by atoms with Crippen LogP contribution >= 0.6 is 32.9 Å². The molecule has 2 unspecified atom stereocenters. The van der Waals surface area contributed by atoms with Crippen molar-refractivity contribution < 1.29 is 19.0 Å². The minimum Gasteiger partial charge on any atom is -0.496 e. The van der Waals surface area contributed by atoms with Crippen LogP contribution in [0.15, 0.2) is 33.9 Å². The number of halogens is 2. The topological polar surface area (TPSA) is 112 Å². The molecule has 2 atom stereocenters. The monoisotopic (exact) mass is 588 g/mol. The van der Waals surface area contributed by atoms with Crippen molar-refractivity contribution in [3.63, 3.8) is 0 Å². The Morgan fingerprint density at radius 2 is 2.24 bits per heavy atom. The highest BCUT2D eigenvalue weighted by Crippen LogP contribution is 2.23. The van der Waals surface area contributed by atoms with Gasteiger partial charge < -0.3 is 24.8 Å². The molecular formula is C21H30Br2N6O4. The third kappa shape index (κ3) is 7.97. The molecule has 1 aromatic carbocycles. The number of benzene rings is 1. The molecular weight excluding hydrogens is 560 g/mol. The van der Waals surface area contributed by atoms with Crippen molar-refractivity contribution >= 4 is 44.8 Å². The maximum atomic E-state index is 11.5. The minimum absolute atomic E-state index is 0. The standard InChI is InChI=1S/C21H29BrN6O4.BrH/c1-14(18-5-4-10-32-18)25-21(24-12-15-11-16(22)6-7-19(15)30-2)23-8-9-28-13-17(26-27-28)20(29)31-3;/h6-7,11,13-14,18H,4-5,8-10,12H2,1-3H3,(H2,23,24,25);1H. The van der Waals surface area contributed by atoms with Crippen LogP contribution in [0, 0.1) is 0 Å². The number of guanidine groups is 1. The van der Waals surface area contributed by atoms with Crippen LogP contribution in [0.1, 0.15) is 35.8 Å². The molecule has 10 nitrogen and oxygen atoms in total. The predicted molar refractivity (Wildman–Crippen MR) is 133 cm³/mol. The number of carbonyl (C=O) groups excluding carboxylic acids is 1. The first-order valence-electron chi connectivity index (χ1n) is 10.5. The second-order valence-electron chi connectivity index (χ2n) is 7.39. The number of carbonyl (C=O) groups is 1. The van der Waals surface area contributed by atoms with Gasteiger partial charge >= 0.3 is 5.97 Å². The van der Waals surface area contributed by atoms with Crippen molar-refractivity contribution in [2.24, 2.45) is 4.99 Å². The average molecular weight is 590 g/mol. The van der Waals surface area contributed by atoms with Gasteiger partial charge in [-0.2, -0.15) is 0 Å². The zero-order valence-electron chi connectivity index (χ0n) is 18.9. The summed E-state index contributed by atoms with van der Waals surface area (Å²) >= 11 is 3.50. The molecule has 1 aromatic heterocycles. The van der Waals surface area contributed by atoms with Crippen LogP contribution in [0.25, 0.3) is 0 Å². The van der Waals surface area contributed by atoms with Gasteiger partial charge in [0.15, 0.2) is 11.7 Å². The summed E-state index contributed by atoms with van der Waals surface area (Å²) < 4.78 is 18.5. The van der Waals surface area contributed by atoms with Crippen LogP contribution in [0.4, 0.5) is 0 Å². The molecule has 12 heteroatoms. The van der Waals surface area contributed by atoms with Crippen molar-refractivity contribution in [3.8, 4) is 5.75 Å². The lowest BCUT2D eigenvalue weighted by atomic mass is 10.1. The number of hydrogen-bond donors (Lipinski definition) is 2. The Kier molecular flexibility index (Phi) is 11.1. The van der Waals surface area contributed by atoms with E-state index in [1.165, 1.54) is 7.11 Å². The van der Waals surface area contributed by atoms with E-state index in [1.54, 1.807) is 18.0 Å². The first-order chi connectivity index (χ1) is 15.5. The molecule has 1 fully saturated rings. The Morgan fingerprint density at radius 3 is 2.94 bits per heavy atom. The van der Waals surface area contributed by atoms with Crippen LogP contribution in [-0.4, -0.2) is 66.4 Å². The number of nitrogens with zero attached hydrogens (tertiary/aromatic N) is 4. The summed E-state index contributed by atoms with van der Waals surface area (Å²) in [4.78, 5) is 16.3. The Labute approximate surface area is 212 Å². The second kappa shape index (κ2) is 13.5. The third-order valence-corrected chi connectivity index (χ3v) is 5.60. The number of ether oxygens (including phenoxy) is 3. The molecule has 2 heterocycles. The number of nitrogens with one attached hydrogen (secondary N) is 2. The SMILES string of the molecule is Br.COC(=O)c1cn(CCNC(=NCc2cc(Br)ccc2OC)NC(C)C2CCCO2)nn1. The van der Waals surface area contributed by atoms with Gasteiger partial charge in [-0.25, -0.2) is 14.5 Å². The van der Waals surface area contributed by atoms with Crippen LogP contribution in [0.5, 0.6) is 5.75 Å². The smallest absolute Gasteiger partial charge is 0.360 e. The Morgan fingerprint density at radius 1 is 1.42 bits per heavy atom. The fraction of sp³-hybridized carbons (Fsp3) is 0.524. The molecule has 33 heavy (non-hydrogen) atoms. The Hall–Kier alpha value is -2.18. The van der Waals surface area contributed by atoms with Gasteiger partial charge in [0.05, 0.1) is 45.7 Å². The molecule has 0 radical (unpaired) electrons. The lowest BCUT2D eigenvalue weighted by Gasteiger charge is -2.23. The average Bonchev–Trinajstić information content (AvgIpc) is 3.49. The summed E-state index contributed by atoms with van der Waals surface area (Å²) in [5, 5.41) is 14.5. The molecule has 2 aromatic rings. The van der Waals surface area contributed by atoms with Crippen LogP contribution < -0.4 is 15.4 Å². The first-order valence-corrected chi connectivity index (χ1v) is 11.3. The molecule has 1 saturated heterocycles. The van der Waals surface area contributed by atoms with Crippen molar-refractivity contribution in [2.45, 2.75) is 45.0 Å². The number of hydrogen-bond acceptors (Lipinski definition) is 7. The number of aromatic nitrogens is 3. The van der Waals surface area contributed by atoms with Gasteiger partial charge in [0.25, 0.3) is 0 Å². The fourth-order valence-electron chi connectivity index (χ4n) is 3.39. The maximum absolute atomic E-state index is 11.5. The Bertz CT molecular complexity index is 933. The highest BCUT2D eigenvalue weighted by molar-refractivity contribution is 9.10. The van der Waals surface area contributed by atoms with E-state index >= 15 is 0 Å². The number of aliphatic imine (C=N–C) groups is 1. The van der Waals surface area contributed by atoms with E-state index in [0.29, 0.717) is 25.6 Å². The second-order valence-corrected chi connectivity index (χ2v) is 8.31. The van der Waals surface area contributed by atoms with E-state index in [0.717, 1.165) is 35.2 Å². The molecule has 1 aliphatic heterocycles. The predicted octanol–water partition coefficient (Wildman–Crippen LogP) is 2.72. The minimum atomic E-state index is -0.513. The first kappa shape index (κ1) is 27.1. The zero-order chi connectivity index (χ0) is 22.9. The van der Waals surface area contributed by atoms with Crippen molar-refractivity contribution in [1.29, 1.82) is 0 Å². The van der Waals surface area contributed by atoms with Gasteiger partial charge in [-0.05, 0) is 38.0 Å². The van der Waals surface area contributed by atoms with Gasteiger partial charge in [-0.15, -0.1) is 22.1 Å². The van der Waals surface area contributed by atoms with Gasteiger partial charge in [-0.1, -0.05) is 21.1 Å². The summed E-state index contributed by atoms with van der Waals surface area (Å²) in [6.45, 7) is 4.35. The van der Waals surface area contributed by atoms with Gasteiger partial charge in [0.1, 0.15) is 5.75 Å². The van der Waals surface area contributed by atoms with Crippen molar-refractivity contribution in [1.82, 2.24) is 25.6 Å². The van der Waals surface area contributed by atoms with Gasteiger partial charge in [-0.3, -0.25) is 0 Å². The van der Waals surface area contributed by atoms with E-state index in [1.807, 2.05) is 18.2 Å². The van der Waals surface area contributed by atoms with Crippen LogP contribution in [0.2, 0.25) is 0 Å². The molecule has 0 bridgehead atoms. The van der Waals surface area contributed by atoms with E-state index < -0.39 is 5.97 Å². The van der Waals surface area contributed by atoms with E-state index in [-0.39, 0.29) is 34.8 Å². The maximum Gasteiger partial charge on any atom is 0.360 e. The lowest BCUT2D eigenvalue weighted by Crippen LogP contribution is -2.47. The van der Waals surface area contributed by atoms with Crippen molar-refractivity contribution in [3.05, 3.63) is 40.1 Å². The summed E-state index contributed by atoms with van der Waals surface area (Å²) in [6.07, 6.45) is 3.80. The molecule has 3 rings (SSSR count). The normalized spacial score (nSPS) is 16.6. The third-order valence-electron chi connectivity index (χ3n) is 5.10. The van der Waals surface area contributed by atoms with E-state index in [9.17, 15) is 4.79 Å². The molecule has 0 amide bonds. The molecule has 0 saturated carbocycles. The lowest BCUT2D eigenvalue weighted by molar-refractivity contribution is 0.0594. The molecule has 1 aliphatic rings. The van der Waals surface area contributed by atoms with Crippen LogP contribution in [0.3, 0.4) is 0 Å². The molecule has 0 spiro atoms. The number of methoxy groups -OCH3 is 2. The van der Waals surface area contributed by atoms with Crippen molar-refractivity contribution in [2.75, 3.05) is 27.4 Å². The summed E-state index contributed by atoms with van der Waals surface area (Å²) in [6, 6.07) is 5.94.